The molecule has 6 rings (SSSR count). The summed E-state index contributed by atoms with van der Waals surface area (Å²) in [4.78, 5) is 28.8. The molecule has 0 aliphatic heterocycles. The first-order valence-electron chi connectivity index (χ1n) is 15.1. The van der Waals surface area contributed by atoms with Crippen molar-refractivity contribution < 1.29 is 14.3 Å². The summed E-state index contributed by atoms with van der Waals surface area (Å²) in [6.07, 6.45) is 0.857. The fourth-order valence-electron chi connectivity index (χ4n) is 6.07. The molecule has 3 nitrogen and oxygen atoms in total. The molecule has 220 valence electrons. The fraction of sp³-hybridized carbons (Fsp3) is 0.0732. The van der Waals surface area contributed by atoms with Gasteiger partial charge in [0.25, 0.3) is 0 Å². The molecular weight excluding hydrogens is 571 g/mol. The minimum Gasteiger partial charge on any atom is -0.442 e. The standard InChI is InChI=1S/C41H34O3P/c42-39(33-19-7-1-8-20-33)41(35-23-11-3-12-24-35,44-40(43)34-21-9-2-10-22-34)31-32-45(36-25-13-4-14-26-36,37-27-15-5-16-28-37)38-29-17-6-18-30-38/h1-30H,31-32H2/q+1/t41-/m1/s1. The number of rotatable bonds is 11. The SMILES string of the molecule is O=C(O[C@@](CC[P+](c1ccccc1)(c1ccccc1)c1ccccc1)(C(=O)c1ccccc1)c1ccccc1)c1ccccc1. The van der Waals surface area contributed by atoms with Gasteiger partial charge in [0.05, 0.1) is 11.7 Å². The van der Waals surface area contributed by atoms with Crippen LogP contribution in [0.5, 0.6) is 0 Å². The van der Waals surface area contributed by atoms with Crippen LogP contribution in [0.1, 0.15) is 32.7 Å². The summed E-state index contributed by atoms with van der Waals surface area (Å²) in [5.74, 6) is -0.780. The Labute approximate surface area is 265 Å². The summed E-state index contributed by atoms with van der Waals surface area (Å²) >= 11 is 0. The average molecular weight is 606 g/mol. The van der Waals surface area contributed by atoms with Gasteiger partial charge in [-0.25, -0.2) is 4.79 Å². The van der Waals surface area contributed by atoms with E-state index in [0.29, 0.717) is 22.9 Å². The van der Waals surface area contributed by atoms with Crippen molar-refractivity contribution in [2.24, 2.45) is 0 Å². The van der Waals surface area contributed by atoms with Crippen LogP contribution in [0.4, 0.5) is 0 Å². The quantitative estimate of drug-likeness (QED) is 0.0854. The van der Waals surface area contributed by atoms with Crippen LogP contribution >= 0.6 is 7.26 Å². The molecular formula is C41H34O3P+. The highest BCUT2D eigenvalue weighted by Gasteiger charge is 2.52. The summed E-state index contributed by atoms with van der Waals surface area (Å²) in [6, 6.07) is 59.2. The van der Waals surface area contributed by atoms with Crippen molar-refractivity contribution in [2.45, 2.75) is 12.0 Å². The van der Waals surface area contributed by atoms with Crippen molar-refractivity contribution >= 4 is 34.9 Å². The van der Waals surface area contributed by atoms with Gasteiger partial charge < -0.3 is 4.74 Å². The number of hydrogen-bond donors (Lipinski definition) is 0. The maximum absolute atomic E-state index is 14.9. The topological polar surface area (TPSA) is 43.4 Å². The minimum atomic E-state index is -2.36. The Morgan fingerprint density at radius 1 is 0.467 bits per heavy atom. The fourth-order valence-corrected chi connectivity index (χ4v) is 10.4. The molecule has 1 atom stereocenters. The molecule has 0 aliphatic rings. The zero-order chi connectivity index (χ0) is 31.0. The van der Waals surface area contributed by atoms with Gasteiger partial charge in [-0.1, -0.05) is 133 Å². The van der Waals surface area contributed by atoms with Gasteiger partial charge in [-0.05, 0) is 48.5 Å². The molecule has 0 aromatic heterocycles. The second kappa shape index (κ2) is 13.7. The predicted molar refractivity (Wildman–Crippen MR) is 185 cm³/mol. The van der Waals surface area contributed by atoms with Crippen LogP contribution in [0.3, 0.4) is 0 Å². The molecule has 6 aromatic rings. The van der Waals surface area contributed by atoms with Gasteiger partial charge in [-0.3, -0.25) is 4.79 Å². The lowest BCUT2D eigenvalue weighted by Crippen LogP contribution is -2.44. The molecule has 0 saturated carbocycles. The summed E-state index contributed by atoms with van der Waals surface area (Å²) in [7, 11) is -2.36. The van der Waals surface area contributed by atoms with E-state index in [0.717, 1.165) is 0 Å². The van der Waals surface area contributed by atoms with Gasteiger partial charge in [-0.15, -0.1) is 0 Å². The Morgan fingerprint density at radius 2 is 0.822 bits per heavy atom. The Bertz CT molecular complexity index is 1730. The molecule has 0 amide bonds. The highest BCUT2D eigenvalue weighted by Crippen LogP contribution is 2.57. The molecule has 0 unspecified atom stereocenters. The molecule has 0 N–H and O–H groups in total. The summed E-state index contributed by atoms with van der Waals surface area (Å²) in [6.45, 7) is 0. The third kappa shape index (κ3) is 6.13. The Balaban J connectivity index is 1.57. The van der Waals surface area contributed by atoms with Crippen LogP contribution in [0.25, 0.3) is 0 Å². The number of carbonyl (C=O) groups excluding carboxylic acids is 2. The molecule has 6 aromatic carbocycles. The highest BCUT2D eigenvalue weighted by molar-refractivity contribution is 7.95. The highest BCUT2D eigenvalue weighted by atomic mass is 31.2. The van der Waals surface area contributed by atoms with Crippen molar-refractivity contribution in [3.8, 4) is 0 Å². The van der Waals surface area contributed by atoms with Crippen molar-refractivity contribution in [3.63, 3.8) is 0 Å². The lowest BCUT2D eigenvalue weighted by atomic mass is 9.83. The maximum Gasteiger partial charge on any atom is 0.339 e. The number of ether oxygens (including phenoxy) is 1. The van der Waals surface area contributed by atoms with E-state index in [1.807, 2.05) is 72.8 Å². The van der Waals surface area contributed by atoms with E-state index in [4.69, 9.17) is 4.74 Å². The van der Waals surface area contributed by atoms with Crippen LogP contribution in [-0.4, -0.2) is 17.9 Å². The first-order chi connectivity index (χ1) is 22.1. The van der Waals surface area contributed by atoms with E-state index >= 15 is 0 Å². The predicted octanol–water partition coefficient (Wildman–Crippen LogP) is 8.01. The van der Waals surface area contributed by atoms with Gasteiger partial charge >= 0.3 is 5.97 Å². The molecule has 0 heterocycles. The molecule has 0 fully saturated rings. The Morgan fingerprint density at radius 3 is 1.24 bits per heavy atom. The van der Waals surface area contributed by atoms with Gasteiger partial charge in [-0.2, -0.15) is 0 Å². The van der Waals surface area contributed by atoms with Gasteiger partial charge in [0.15, 0.2) is 0 Å². The van der Waals surface area contributed by atoms with Crippen LogP contribution in [-0.2, 0) is 10.3 Å². The second-order valence-corrected chi connectivity index (χ2v) is 14.5. The number of benzene rings is 6. The first kappa shape index (κ1) is 29.9. The third-order valence-electron chi connectivity index (χ3n) is 8.31. The zero-order valence-corrected chi connectivity index (χ0v) is 25.8. The molecule has 0 saturated heterocycles. The summed E-state index contributed by atoms with van der Waals surface area (Å²) in [5.41, 5.74) is -0.0475. The number of esters is 1. The molecule has 45 heavy (non-hydrogen) atoms. The molecule has 0 bridgehead atoms. The lowest BCUT2D eigenvalue weighted by molar-refractivity contribution is -0.0132. The monoisotopic (exact) mass is 605 g/mol. The average Bonchev–Trinajstić information content (AvgIpc) is 3.13. The normalized spacial score (nSPS) is 12.5. The van der Waals surface area contributed by atoms with Crippen molar-refractivity contribution in [1.82, 2.24) is 0 Å². The van der Waals surface area contributed by atoms with E-state index in [1.54, 1.807) is 36.4 Å². The Hall–Kier alpha value is -5.11. The summed E-state index contributed by atoms with van der Waals surface area (Å²) < 4.78 is 6.56. The van der Waals surface area contributed by atoms with E-state index < -0.39 is 18.8 Å². The van der Waals surface area contributed by atoms with E-state index in [1.165, 1.54) is 15.9 Å². The second-order valence-electron chi connectivity index (χ2n) is 10.9. The third-order valence-corrected chi connectivity index (χ3v) is 12.7. The van der Waals surface area contributed by atoms with Crippen LogP contribution in [0, 0.1) is 0 Å². The van der Waals surface area contributed by atoms with Crippen LogP contribution in [0.15, 0.2) is 182 Å². The first-order valence-corrected chi connectivity index (χ1v) is 17.1. The Kier molecular flexibility index (Phi) is 9.10. The van der Waals surface area contributed by atoms with Gasteiger partial charge in [0.1, 0.15) is 23.2 Å². The molecule has 0 radical (unpaired) electrons. The molecule has 0 spiro atoms. The van der Waals surface area contributed by atoms with Crippen LogP contribution in [0.2, 0.25) is 0 Å². The number of carbonyl (C=O) groups is 2. The number of hydrogen-bond acceptors (Lipinski definition) is 3. The van der Waals surface area contributed by atoms with Crippen molar-refractivity contribution in [1.29, 1.82) is 0 Å². The largest absolute Gasteiger partial charge is 0.442 e. The summed E-state index contributed by atoms with van der Waals surface area (Å²) in [5, 5.41) is 3.60. The number of ketones is 1. The van der Waals surface area contributed by atoms with Gasteiger partial charge in [0.2, 0.25) is 11.4 Å². The number of Topliss-reactive ketones (excluding diaryl/α,β-unsaturated/α-hetero) is 1. The van der Waals surface area contributed by atoms with Crippen LogP contribution < -0.4 is 15.9 Å². The smallest absolute Gasteiger partial charge is 0.339 e. The van der Waals surface area contributed by atoms with E-state index in [-0.39, 0.29) is 12.2 Å². The lowest BCUT2D eigenvalue weighted by Gasteiger charge is -2.35. The zero-order valence-electron chi connectivity index (χ0n) is 24.9. The molecule has 0 aliphatic carbocycles. The van der Waals surface area contributed by atoms with Crippen molar-refractivity contribution in [2.75, 3.05) is 6.16 Å². The van der Waals surface area contributed by atoms with Gasteiger partial charge in [0, 0.05) is 17.5 Å². The van der Waals surface area contributed by atoms with E-state index in [9.17, 15) is 9.59 Å². The molecule has 4 heteroatoms. The van der Waals surface area contributed by atoms with E-state index in [2.05, 4.69) is 72.8 Å². The maximum atomic E-state index is 14.9. The minimum absolute atomic E-state index is 0.245. The van der Waals surface area contributed by atoms with Crippen molar-refractivity contribution in [3.05, 3.63) is 199 Å².